The molecular weight excluding hydrogens is 864 g/mol. The van der Waals surface area contributed by atoms with Crippen molar-refractivity contribution in [2.24, 2.45) is 0 Å². The molecule has 8 aromatic rings. The molecule has 0 bridgehead atoms. The van der Waals surface area contributed by atoms with E-state index in [0.29, 0.717) is 44.7 Å². The number of terminal acetylenes is 1. The zero-order valence-corrected chi connectivity index (χ0v) is 36.7. The van der Waals surface area contributed by atoms with Crippen molar-refractivity contribution in [3.05, 3.63) is 240 Å². The minimum Gasteiger partial charge on any atom is -0.457 e. The summed E-state index contributed by atoms with van der Waals surface area (Å²) in [4.78, 5) is 0. The van der Waals surface area contributed by atoms with Crippen LogP contribution in [0.15, 0.2) is 212 Å². The van der Waals surface area contributed by atoms with Crippen molar-refractivity contribution < 1.29 is 39.4 Å². The number of nitriles is 2. The Morgan fingerprint density at radius 3 is 1.06 bits per heavy atom. The second-order valence-corrected chi connectivity index (χ2v) is 14.4. The first-order chi connectivity index (χ1) is 32.7. The molecule has 11 heteroatoms. The van der Waals surface area contributed by atoms with Gasteiger partial charge in [-0.3, -0.25) is 0 Å². The number of benzene rings is 8. The van der Waals surface area contributed by atoms with Gasteiger partial charge in [0.05, 0.1) is 18.7 Å². The van der Waals surface area contributed by atoms with E-state index in [1.54, 1.807) is 103 Å². The quantitative estimate of drug-likeness (QED) is 0.0685. The minimum atomic E-state index is -1.14. The summed E-state index contributed by atoms with van der Waals surface area (Å²) in [6.07, 6.45) is 2.02. The summed E-state index contributed by atoms with van der Waals surface area (Å²) in [6, 6.07) is 67.0. The van der Waals surface area contributed by atoms with Gasteiger partial charge in [0, 0.05) is 5.02 Å². The number of rotatable bonds is 12. The highest BCUT2D eigenvalue weighted by Crippen LogP contribution is 2.28. The van der Waals surface area contributed by atoms with E-state index in [0.717, 1.165) is 28.6 Å². The molecule has 0 aliphatic carbocycles. The molecule has 0 aliphatic rings. The van der Waals surface area contributed by atoms with E-state index in [1.165, 1.54) is 0 Å². The van der Waals surface area contributed by atoms with Gasteiger partial charge in [-0.1, -0.05) is 121 Å². The highest BCUT2D eigenvalue weighted by molar-refractivity contribution is 6.30. The average molecular weight is 909 g/mol. The van der Waals surface area contributed by atoms with Crippen LogP contribution in [0.3, 0.4) is 0 Å². The molecule has 334 valence electrons. The Bertz CT molecular complexity index is 2750. The SMILES string of the molecule is C#CC(O)c1cccc(Oc2ccccc2)c1.N#CC(O)c1cccc(Oc2ccc(Cl)cc2)c1.N#CC(O)c1cccc(Oc2ccccc2)c1.OCc1cccc(Oc2ccccc2)c1. The predicted molar refractivity (Wildman–Crippen MR) is 258 cm³/mol. The van der Waals surface area contributed by atoms with Gasteiger partial charge in [-0.2, -0.15) is 10.5 Å². The van der Waals surface area contributed by atoms with Crippen LogP contribution in [0.2, 0.25) is 5.02 Å². The summed E-state index contributed by atoms with van der Waals surface area (Å²) >= 11 is 5.78. The van der Waals surface area contributed by atoms with Crippen LogP contribution in [0.25, 0.3) is 0 Å². The van der Waals surface area contributed by atoms with Crippen LogP contribution in [0.4, 0.5) is 0 Å². The van der Waals surface area contributed by atoms with Gasteiger partial charge in [0.2, 0.25) is 0 Å². The van der Waals surface area contributed by atoms with Crippen molar-refractivity contribution in [1.82, 2.24) is 0 Å². The molecule has 0 aromatic heterocycles. The van der Waals surface area contributed by atoms with Gasteiger partial charge < -0.3 is 39.4 Å². The maximum Gasteiger partial charge on any atom is 0.166 e. The first-order valence-electron chi connectivity index (χ1n) is 20.6. The zero-order valence-electron chi connectivity index (χ0n) is 35.9. The fraction of sp³-hybridized carbons (Fsp3) is 0.0714. The van der Waals surface area contributed by atoms with Gasteiger partial charge in [-0.25, -0.2) is 0 Å². The average Bonchev–Trinajstić information content (AvgIpc) is 3.38. The van der Waals surface area contributed by atoms with Crippen LogP contribution < -0.4 is 18.9 Å². The molecule has 0 saturated carbocycles. The molecule has 67 heavy (non-hydrogen) atoms. The fourth-order valence-electron chi connectivity index (χ4n) is 5.71. The van der Waals surface area contributed by atoms with Crippen molar-refractivity contribution in [1.29, 1.82) is 10.5 Å². The van der Waals surface area contributed by atoms with Crippen LogP contribution in [0.5, 0.6) is 46.0 Å². The number of halogens is 1. The van der Waals surface area contributed by atoms with E-state index in [2.05, 4.69) is 5.92 Å². The van der Waals surface area contributed by atoms with E-state index >= 15 is 0 Å². The monoisotopic (exact) mass is 908 g/mol. The second-order valence-electron chi connectivity index (χ2n) is 14.0. The standard InChI is InChI=1S/C15H12O2.C14H10ClNO2.C14H11NO2.C13H12O2/c1-2-15(16)12-7-6-10-14(11-12)17-13-8-4-3-5-9-13;15-11-4-6-12(7-5-11)18-13-3-1-2-10(8-13)14(17)9-16;15-10-14(16)11-5-4-8-13(9-11)17-12-6-2-1-3-7-12;14-10-11-5-4-8-13(9-11)15-12-6-2-1-3-7-12/h1,3-11,15-16H;1-8,14,17H;1-9,14,16H;1-9,14H,10H2. The Morgan fingerprint density at radius 2 is 0.716 bits per heavy atom. The lowest BCUT2D eigenvalue weighted by Gasteiger charge is -2.08. The lowest BCUT2D eigenvalue weighted by Crippen LogP contribution is -1.93. The van der Waals surface area contributed by atoms with E-state index in [1.807, 2.05) is 121 Å². The maximum absolute atomic E-state index is 9.53. The Hall–Kier alpha value is -8.37. The molecular formula is C56H45ClN2O8. The molecule has 0 amide bonds. The largest absolute Gasteiger partial charge is 0.457 e. The molecule has 10 nitrogen and oxygen atoms in total. The molecule has 3 atom stereocenters. The van der Waals surface area contributed by atoms with E-state index in [4.69, 9.17) is 52.6 Å². The van der Waals surface area contributed by atoms with Crippen molar-refractivity contribution in [2.75, 3.05) is 0 Å². The molecule has 0 saturated heterocycles. The molecule has 0 spiro atoms. The van der Waals surface area contributed by atoms with Crippen LogP contribution in [0.1, 0.15) is 40.6 Å². The van der Waals surface area contributed by atoms with Gasteiger partial charge in [0.15, 0.2) is 12.2 Å². The van der Waals surface area contributed by atoms with Crippen LogP contribution in [-0.2, 0) is 6.61 Å². The number of nitrogens with zero attached hydrogens (tertiary/aromatic N) is 2. The van der Waals surface area contributed by atoms with Crippen molar-refractivity contribution in [3.8, 4) is 70.5 Å². The number of hydrogen-bond acceptors (Lipinski definition) is 10. The van der Waals surface area contributed by atoms with Gasteiger partial charge in [0.1, 0.15) is 52.1 Å². The number of hydrogen-bond donors (Lipinski definition) is 4. The summed E-state index contributed by atoms with van der Waals surface area (Å²) in [5.41, 5.74) is 2.54. The highest BCUT2D eigenvalue weighted by Gasteiger charge is 2.09. The molecule has 3 unspecified atom stereocenters. The Morgan fingerprint density at radius 1 is 0.403 bits per heavy atom. The van der Waals surface area contributed by atoms with Gasteiger partial charge >= 0.3 is 0 Å². The van der Waals surface area contributed by atoms with E-state index in [9.17, 15) is 15.3 Å². The normalized spacial score (nSPS) is 11.2. The lowest BCUT2D eigenvalue weighted by molar-refractivity contribution is 0.235. The lowest BCUT2D eigenvalue weighted by atomic mass is 10.1. The van der Waals surface area contributed by atoms with Crippen LogP contribution in [0, 0.1) is 35.0 Å². The third-order valence-electron chi connectivity index (χ3n) is 8.99. The third-order valence-corrected chi connectivity index (χ3v) is 9.24. The van der Waals surface area contributed by atoms with Crippen LogP contribution in [-0.4, -0.2) is 20.4 Å². The first kappa shape index (κ1) is 49.6. The Balaban J connectivity index is 0.000000167. The van der Waals surface area contributed by atoms with E-state index < -0.39 is 18.3 Å². The van der Waals surface area contributed by atoms with Crippen molar-refractivity contribution >= 4 is 11.6 Å². The second kappa shape index (κ2) is 27.1. The van der Waals surface area contributed by atoms with E-state index in [-0.39, 0.29) is 6.61 Å². The number of para-hydroxylation sites is 3. The molecule has 0 aliphatic heterocycles. The number of aliphatic hydroxyl groups excluding tert-OH is 4. The Kier molecular flexibility index (Phi) is 20.1. The van der Waals surface area contributed by atoms with Gasteiger partial charge in [-0.05, 0) is 131 Å². The zero-order chi connectivity index (χ0) is 47.6. The summed E-state index contributed by atoms with van der Waals surface area (Å²) in [5, 5.41) is 55.2. The van der Waals surface area contributed by atoms with Gasteiger partial charge in [0.25, 0.3) is 0 Å². The van der Waals surface area contributed by atoms with Crippen molar-refractivity contribution in [2.45, 2.75) is 24.9 Å². The summed E-state index contributed by atoms with van der Waals surface area (Å²) in [5.74, 6) is 7.74. The molecule has 4 N–H and O–H groups in total. The summed E-state index contributed by atoms with van der Waals surface area (Å²) < 4.78 is 22.4. The smallest absolute Gasteiger partial charge is 0.166 e. The Labute approximate surface area is 394 Å². The van der Waals surface area contributed by atoms with Crippen LogP contribution >= 0.6 is 11.6 Å². The number of ether oxygens (including phenoxy) is 4. The molecule has 8 aromatic carbocycles. The highest BCUT2D eigenvalue weighted by atomic mass is 35.5. The fourth-order valence-corrected chi connectivity index (χ4v) is 5.84. The summed E-state index contributed by atoms with van der Waals surface area (Å²) in [7, 11) is 0. The molecule has 0 radical (unpaired) electrons. The molecule has 8 rings (SSSR count). The van der Waals surface area contributed by atoms with Crippen molar-refractivity contribution in [3.63, 3.8) is 0 Å². The molecule has 0 heterocycles. The van der Waals surface area contributed by atoms with Gasteiger partial charge in [-0.15, -0.1) is 6.42 Å². The third kappa shape index (κ3) is 17.3. The summed E-state index contributed by atoms with van der Waals surface area (Å²) in [6.45, 7) is 0.0337. The first-order valence-corrected chi connectivity index (χ1v) is 21.0. The predicted octanol–water partition coefficient (Wildman–Crippen LogP) is 12.8. The molecule has 0 fully saturated rings. The topological polar surface area (TPSA) is 165 Å². The number of aliphatic hydroxyl groups is 4. The minimum absolute atomic E-state index is 0.0337. The maximum atomic E-state index is 9.53.